The zero-order chi connectivity index (χ0) is 27.3. The molecular weight excluding hydrogens is 504 g/mol. The lowest BCUT2D eigenvalue weighted by atomic mass is 10.1. The van der Waals surface area contributed by atoms with Gasteiger partial charge in [-0.25, -0.2) is 20.8 Å². The van der Waals surface area contributed by atoms with Crippen LogP contribution in [0, 0.1) is 0 Å². The van der Waals surface area contributed by atoms with Gasteiger partial charge in [-0.05, 0) is 71.8 Å². The number of carbonyl (C=O) groups is 2. The van der Waals surface area contributed by atoms with E-state index in [-0.39, 0.29) is 17.0 Å². The van der Waals surface area contributed by atoms with Crippen LogP contribution in [0.3, 0.4) is 0 Å². The molecule has 192 valence electrons. The van der Waals surface area contributed by atoms with Crippen LogP contribution in [-0.4, -0.2) is 44.2 Å². The highest BCUT2D eigenvalue weighted by Crippen LogP contribution is 2.14. The Balaban J connectivity index is 1.12. The van der Waals surface area contributed by atoms with Gasteiger partial charge in [-0.15, -0.1) is 0 Å². The quantitative estimate of drug-likeness (QED) is 0.247. The standard InChI is InChI=1S/C30H20N8O2/c39-29(37-33-17-19-5-9-24-22(15-19)3-1-13-31-24)26-11-7-21-8-12-27(36-28(21)35-26)30(40)38-34-18-20-6-10-25-23(16-20)4-2-14-32-25/h1-18H,(H,37,39)(H,38,40)/b33-17+,34-18+. The van der Waals surface area contributed by atoms with Crippen LogP contribution in [0.25, 0.3) is 32.8 Å². The highest BCUT2D eigenvalue weighted by Gasteiger charge is 2.11. The third kappa shape index (κ3) is 5.36. The van der Waals surface area contributed by atoms with Crippen LogP contribution in [0.4, 0.5) is 0 Å². The van der Waals surface area contributed by atoms with E-state index in [0.29, 0.717) is 5.39 Å². The topological polar surface area (TPSA) is 134 Å². The van der Waals surface area contributed by atoms with E-state index in [9.17, 15) is 9.59 Å². The predicted octanol–water partition coefficient (Wildman–Crippen LogP) is 4.25. The monoisotopic (exact) mass is 524 g/mol. The van der Waals surface area contributed by atoms with E-state index in [1.165, 1.54) is 0 Å². The van der Waals surface area contributed by atoms with Crippen LogP contribution >= 0.6 is 0 Å². The summed E-state index contributed by atoms with van der Waals surface area (Å²) >= 11 is 0. The van der Waals surface area contributed by atoms with Crippen molar-refractivity contribution >= 4 is 57.1 Å². The normalized spacial score (nSPS) is 11.5. The smallest absolute Gasteiger partial charge is 0.266 e. The molecule has 0 aliphatic heterocycles. The van der Waals surface area contributed by atoms with Crippen LogP contribution in [0.2, 0.25) is 0 Å². The maximum absolute atomic E-state index is 12.6. The molecular formula is C30H20N8O2. The van der Waals surface area contributed by atoms with E-state index in [0.717, 1.165) is 32.9 Å². The molecule has 0 saturated heterocycles. The molecule has 0 radical (unpaired) electrons. The number of nitrogens with one attached hydrogen (secondary N) is 2. The fraction of sp³-hybridized carbons (Fsp3) is 0. The molecule has 0 fully saturated rings. The molecule has 6 aromatic rings. The number of fused-ring (bicyclic) bond motifs is 3. The van der Waals surface area contributed by atoms with Crippen molar-refractivity contribution in [3.63, 3.8) is 0 Å². The average molecular weight is 525 g/mol. The predicted molar refractivity (Wildman–Crippen MR) is 153 cm³/mol. The fourth-order valence-corrected chi connectivity index (χ4v) is 4.05. The first-order chi connectivity index (χ1) is 19.6. The molecule has 10 heteroatoms. The van der Waals surface area contributed by atoms with Crippen LogP contribution in [-0.2, 0) is 0 Å². The molecule has 2 aromatic carbocycles. The second-order valence-corrected chi connectivity index (χ2v) is 8.75. The molecule has 0 aliphatic rings. The zero-order valence-electron chi connectivity index (χ0n) is 20.9. The van der Waals surface area contributed by atoms with E-state index >= 15 is 0 Å². The number of hydrogen-bond acceptors (Lipinski definition) is 8. The number of rotatable bonds is 6. The number of pyridine rings is 4. The van der Waals surface area contributed by atoms with Gasteiger partial charge >= 0.3 is 0 Å². The number of nitrogens with zero attached hydrogens (tertiary/aromatic N) is 6. The molecule has 4 heterocycles. The Morgan fingerprint density at radius 3 is 1.60 bits per heavy atom. The average Bonchev–Trinajstić information content (AvgIpc) is 3.00. The Bertz CT molecular complexity index is 1830. The summed E-state index contributed by atoms with van der Waals surface area (Å²) in [5.41, 5.74) is 8.79. The van der Waals surface area contributed by atoms with Gasteiger partial charge in [-0.1, -0.05) is 24.3 Å². The van der Waals surface area contributed by atoms with E-state index < -0.39 is 11.8 Å². The van der Waals surface area contributed by atoms with Gasteiger partial charge in [0.2, 0.25) is 0 Å². The van der Waals surface area contributed by atoms with Crippen molar-refractivity contribution in [1.82, 2.24) is 30.8 Å². The first kappa shape index (κ1) is 24.4. The third-order valence-corrected chi connectivity index (χ3v) is 6.03. The summed E-state index contributed by atoms with van der Waals surface area (Å²) in [5, 5.41) is 10.7. The number of hydrazone groups is 2. The summed E-state index contributed by atoms with van der Waals surface area (Å²) in [6.07, 6.45) is 6.55. The maximum Gasteiger partial charge on any atom is 0.290 e. The third-order valence-electron chi connectivity index (χ3n) is 6.03. The Kier molecular flexibility index (Phi) is 6.62. The molecule has 0 atom stereocenters. The summed E-state index contributed by atoms with van der Waals surface area (Å²) in [6.45, 7) is 0. The second kappa shape index (κ2) is 10.8. The fourth-order valence-electron chi connectivity index (χ4n) is 4.05. The molecule has 4 aromatic heterocycles. The SMILES string of the molecule is O=C(N/N=C/c1ccc2ncccc2c1)c1ccc2ccc(C(=O)N/N=C/c3ccc4ncccc4c3)nc2n1. The van der Waals surface area contributed by atoms with Crippen LogP contribution in [0.15, 0.2) is 108 Å². The van der Waals surface area contributed by atoms with Crippen LogP contribution < -0.4 is 10.9 Å². The zero-order valence-corrected chi connectivity index (χ0v) is 20.9. The Morgan fingerprint density at radius 2 is 1.10 bits per heavy atom. The largest absolute Gasteiger partial charge is 0.290 e. The van der Waals surface area contributed by atoms with Gasteiger partial charge < -0.3 is 0 Å². The molecule has 2 N–H and O–H groups in total. The minimum absolute atomic E-state index is 0.112. The van der Waals surface area contributed by atoms with E-state index in [1.807, 2.05) is 60.7 Å². The van der Waals surface area contributed by atoms with Gasteiger partial charge in [0.05, 0.1) is 23.5 Å². The second-order valence-electron chi connectivity index (χ2n) is 8.75. The molecule has 10 nitrogen and oxygen atoms in total. The van der Waals surface area contributed by atoms with Crippen molar-refractivity contribution in [3.8, 4) is 0 Å². The van der Waals surface area contributed by atoms with Gasteiger partial charge in [0.25, 0.3) is 11.8 Å². The van der Waals surface area contributed by atoms with Crippen molar-refractivity contribution in [2.75, 3.05) is 0 Å². The first-order valence-electron chi connectivity index (χ1n) is 12.3. The van der Waals surface area contributed by atoms with Gasteiger partial charge in [0.1, 0.15) is 11.4 Å². The Labute approximate surface area is 227 Å². The number of carbonyl (C=O) groups excluding carboxylic acids is 2. The minimum Gasteiger partial charge on any atom is -0.266 e. The number of benzene rings is 2. The van der Waals surface area contributed by atoms with E-state index in [1.54, 1.807) is 49.1 Å². The van der Waals surface area contributed by atoms with Crippen molar-refractivity contribution in [3.05, 3.63) is 120 Å². The molecule has 0 saturated carbocycles. The highest BCUT2D eigenvalue weighted by molar-refractivity contribution is 5.98. The lowest BCUT2D eigenvalue weighted by Gasteiger charge is -2.04. The molecule has 2 amide bonds. The number of hydrogen-bond donors (Lipinski definition) is 2. The van der Waals surface area contributed by atoms with E-state index in [4.69, 9.17) is 0 Å². The summed E-state index contributed by atoms with van der Waals surface area (Å²) in [7, 11) is 0. The highest BCUT2D eigenvalue weighted by atomic mass is 16.2. The van der Waals surface area contributed by atoms with Crippen molar-refractivity contribution in [1.29, 1.82) is 0 Å². The number of amides is 2. The Hall–Kier alpha value is -5.90. The number of aromatic nitrogens is 4. The molecule has 40 heavy (non-hydrogen) atoms. The molecule has 0 aliphatic carbocycles. The van der Waals surface area contributed by atoms with E-state index in [2.05, 4.69) is 41.0 Å². The van der Waals surface area contributed by atoms with Crippen LogP contribution in [0.5, 0.6) is 0 Å². The van der Waals surface area contributed by atoms with Gasteiger partial charge in [-0.3, -0.25) is 19.6 Å². The summed E-state index contributed by atoms with van der Waals surface area (Å²) in [5.74, 6) is -1.01. The van der Waals surface area contributed by atoms with Crippen molar-refractivity contribution in [2.24, 2.45) is 10.2 Å². The van der Waals surface area contributed by atoms with Crippen molar-refractivity contribution in [2.45, 2.75) is 0 Å². The van der Waals surface area contributed by atoms with Gasteiger partial charge in [0.15, 0.2) is 5.65 Å². The summed E-state index contributed by atoms with van der Waals surface area (Å²) in [6, 6.07) is 25.5. The van der Waals surface area contributed by atoms with Gasteiger partial charge in [0, 0.05) is 28.6 Å². The first-order valence-corrected chi connectivity index (χ1v) is 12.3. The summed E-state index contributed by atoms with van der Waals surface area (Å²) in [4.78, 5) is 42.5. The lowest BCUT2D eigenvalue weighted by Crippen LogP contribution is -2.20. The molecule has 0 spiro atoms. The van der Waals surface area contributed by atoms with Gasteiger partial charge in [-0.2, -0.15) is 10.2 Å². The molecule has 0 bridgehead atoms. The molecule has 6 rings (SSSR count). The molecule has 0 unspecified atom stereocenters. The summed E-state index contributed by atoms with van der Waals surface area (Å²) < 4.78 is 0. The minimum atomic E-state index is -0.507. The lowest BCUT2D eigenvalue weighted by molar-refractivity contribution is 0.0944. The van der Waals surface area contributed by atoms with Crippen LogP contribution in [0.1, 0.15) is 32.1 Å². The Morgan fingerprint density at radius 1 is 0.600 bits per heavy atom. The van der Waals surface area contributed by atoms with Crippen molar-refractivity contribution < 1.29 is 9.59 Å². The maximum atomic E-state index is 12.6.